The van der Waals surface area contributed by atoms with Crippen molar-refractivity contribution < 1.29 is 9.90 Å². The van der Waals surface area contributed by atoms with Crippen LogP contribution in [0.1, 0.15) is 10.4 Å². The predicted octanol–water partition coefficient (Wildman–Crippen LogP) is 3.19. The molecule has 0 radical (unpaired) electrons. The second-order valence-electron chi connectivity index (χ2n) is 4.41. The van der Waals surface area contributed by atoms with Gasteiger partial charge in [-0.1, -0.05) is 6.07 Å². The van der Waals surface area contributed by atoms with Crippen LogP contribution in [-0.4, -0.2) is 16.0 Å². The molecule has 4 heteroatoms. The molecule has 1 aromatic heterocycles. The molecule has 0 saturated heterocycles. The van der Waals surface area contributed by atoms with Gasteiger partial charge in [0, 0.05) is 22.8 Å². The van der Waals surface area contributed by atoms with Crippen LogP contribution < -0.4 is 5.32 Å². The average molecular weight is 264 g/mol. The van der Waals surface area contributed by atoms with E-state index >= 15 is 0 Å². The summed E-state index contributed by atoms with van der Waals surface area (Å²) in [6.07, 6.45) is 1.73. The quantitative estimate of drug-likeness (QED) is 0.747. The number of phenols is 1. The molecule has 0 aliphatic rings. The number of nitrogens with zero attached hydrogens (tertiary/aromatic N) is 1. The number of benzene rings is 2. The van der Waals surface area contributed by atoms with Crippen molar-refractivity contribution >= 4 is 22.5 Å². The van der Waals surface area contributed by atoms with E-state index < -0.39 is 0 Å². The minimum Gasteiger partial charge on any atom is -0.508 e. The molecule has 0 fully saturated rings. The Balaban J connectivity index is 1.85. The fraction of sp³-hybridized carbons (Fsp3) is 0. The van der Waals surface area contributed by atoms with Gasteiger partial charge in [-0.25, -0.2) is 0 Å². The lowest BCUT2D eigenvalue weighted by Gasteiger charge is -2.06. The van der Waals surface area contributed by atoms with Crippen LogP contribution in [0, 0.1) is 0 Å². The van der Waals surface area contributed by atoms with Crippen molar-refractivity contribution in [3.8, 4) is 5.75 Å². The summed E-state index contributed by atoms with van der Waals surface area (Å²) in [5.74, 6) is -0.0773. The van der Waals surface area contributed by atoms with Gasteiger partial charge in [0.2, 0.25) is 0 Å². The number of amides is 1. The van der Waals surface area contributed by atoms with Crippen molar-refractivity contribution in [3.05, 3.63) is 66.4 Å². The minimum atomic E-state index is -0.215. The van der Waals surface area contributed by atoms with Crippen molar-refractivity contribution in [2.45, 2.75) is 0 Å². The third-order valence-corrected chi connectivity index (χ3v) is 2.99. The molecule has 20 heavy (non-hydrogen) atoms. The molecule has 0 spiro atoms. The molecule has 1 amide bonds. The highest BCUT2D eigenvalue weighted by atomic mass is 16.3. The first-order chi connectivity index (χ1) is 9.72. The third-order valence-electron chi connectivity index (χ3n) is 2.99. The molecule has 3 rings (SSSR count). The number of carbonyl (C=O) groups is 1. The molecule has 4 nitrogen and oxygen atoms in total. The molecule has 0 aliphatic heterocycles. The van der Waals surface area contributed by atoms with E-state index in [2.05, 4.69) is 10.3 Å². The first kappa shape index (κ1) is 12.2. The van der Waals surface area contributed by atoms with Crippen LogP contribution in [-0.2, 0) is 0 Å². The molecule has 0 saturated carbocycles. The Morgan fingerprint density at radius 1 is 1.05 bits per heavy atom. The lowest BCUT2D eigenvalue weighted by Crippen LogP contribution is -2.11. The lowest BCUT2D eigenvalue weighted by atomic mass is 10.1. The topological polar surface area (TPSA) is 62.2 Å². The summed E-state index contributed by atoms with van der Waals surface area (Å²) in [4.78, 5) is 16.3. The van der Waals surface area contributed by atoms with Gasteiger partial charge in [-0.05, 0) is 48.5 Å². The summed E-state index contributed by atoms with van der Waals surface area (Å²) >= 11 is 0. The fourth-order valence-corrected chi connectivity index (χ4v) is 1.97. The Kier molecular flexibility index (Phi) is 3.05. The van der Waals surface area contributed by atoms with Crippen molar-refractivity contribution in [2.24, 2.45) is 0 Å². The lowest BCUT2D eigenvalue weighted by molar-refractivity contribution is 0.102. The van der Waals surface area contributed by atoms with E-state index in [4.69, 9.17) is 0 Å². The summed E-state index contributed by atoms with van der Waals surface area (Å²) in [7, 11) is 0. The summed E-state index contributed by atoms with van der Waals surface area (Å²) < 4.78 is 0. The maximum absolute atomic E-state index is 12.1. The molecule has 2 aromatic carbocycles. The van der Waals surface area contributed by atoms with Crippen LogP contribution in [0.5, 0.6) is 5.75 Å². The number of aromatic nitrogens is 1. The monoisotopic (exact) mass is 264 g/mol. The zero-order valence-corrected chi connectivity index (χ0v) is 10.6. The molecule has 0 bridgehead atoms. The summed E-state index contributed by atoms with van der Waals surface area (Å²) in [6, 6.07) is 15.5. The van der Waals surface area contributed by atoms with Gasteiger partial charge in [-0.3, -0.25) is 9.78 Å². The largest absolute Gasteiger partial charge is 0.508 e. The number of phenolic OH excluding ortho intramolecular Hbond substituents is 1. The first-order valence-corrected chi connectivity index (χ1v) is 6.17. The van der Waals surface area contributed by atoms with Gasteiger partial charge in [0.15, 0.2) is 0 Å². The number of hydrogen-bond acceptors (Lipinski definition) is 3. The molecular formula is C16H12N2O2. The van der Waals surface area contributed by atoms with E-state index in [0.29, 0.717) is 11.3 Å². The van der Waals surface area contributed by atoms with Gasteiger partial charge >= 0.3 is 0 Å². The van der Waals surface area contributed by atoms with Crippen molar-refractivity contribution in [3.63, 3.8) is 0 Å². The zero-order chi connectivity index (χ0) is 13.9. The molecule has 0 atom stereocenters. The van der Waals surface area contributed by atoms with E-state index in [-0.39, 0.29) is 11.7 Å². The summed E-state index contributed by atoms with van der Waals surface area (Å²) in [5.41, 5.74) is 2.09. The zero-order valence-electron chi connectivity index (χ0n) is 10.6. The van der Waals surface area contributed by atoms with Crippen LogP contribution in [0.3, 0.4) is 0 Å². The van der Waals surface area contributed by atoms with E-state index in [9.17, 15) is 9.90 Å². The Bertz CT molecular complexity index is 767. The second-order valence-corrected chi connectivity index (χ2v) is 4.41. The van der Waals surface area contributed by atoms with Gasteiger partial charge in [0.05, 0.1) is 5.52 Å². The van der Waals surface area contributed by atoms with Crippen molar-refractivity contribution in [1.29, 1.82) is 0 Å². The van der Waals surface area contributed by atoms with E-state index in [0.717, 1.165) is 10.9 Å². The molecular weight excluding hydrogens is 252 g/mol. The molecule has 0 unspecified atom stereocenters. The van der Waals surface area contributed by atoms with Crippen molar-refractivity contribution in [1.82, 2.24) is 4.98 Å². The smallest absolute Gasteiger partial charge is 0.255 e. The molecule has 2 N–H and O–H groups in total. The minimum absolute atomic E-state index is 0.137. The number of pyridine rings is 1. The van der Waals surface area contributed by atoms with Crippen LogP contribution in [0.25, 0.3) is 10.9 Å². The number of rotatable bonds is 2. The van der Waals surface area contributed by atoms with Crippen LogP contribution in [0.4, 0.5) is 5.69 Å². The van der Waals surface area contributed by atoms with Gasteiger partial charge in [-0.15, -0.1) is 0 Å². The summed E-state index contributed by atoms with van der Waals surface area (Å²) in [6.45, 7) is 0. The number of nitrogens with one attached hydrogen (secondary N) is 1. The Labute approximate surface area is 115 Å². The number of aromatic hydroxyl groups is 1. The highest BCUT2D eigenvalue weighted by Crippen LogP contribution is 2.18. The number of anilines is 1. The molecule has 1 heterocycles. The Morgan fingerprint density at radius 3 is 2.65 bits per heavy atom. The van der Waals surface area contributed by atoms with Crippen molar-refractivity contribution in [2.75, 3.05) is 5.32 Å². The first-order valence-electron chi connectivity index (χ1n) is 6.17. The third kappa shape index (κ3) is 2.44. The van der Waals surface area contributed by atoms with Crippen LogP contribution in [0.15, 0.2) is 60.8 Å². The maximum Gasteiger partial charge on any atom is 0.255 e. The fourth-order valence-electron chi connectivity index (χ4n) is 1.97. The normalized spacial score (nSPS) is 10.4. The summed E-state index contributed by atoms with van der Waals surface area (Å²) in [5, 5.41) is 13.0. The highest BCUT2D eigenvalue weighted by molar-refractivity contribution is 6.05. The molecule has 3 aromatic rings. The SMILES string of the molecule is O=C(Nc1ccc2ncccc2c1)c1ccc(O)cc1. The number of fused-ring (bicyclic) bond motifs is 1. The predicted molar refractivity (Wildman–Crippen MR) is 77.8 cm³/mol. The molecule has 98 valence electrons. The highest BCUT2D eigenvalue weighted by Gasteiger charge is 2.06. The van der Waals surface area contributed by atoms with Gasteiger partial charge in [0.25, 0.3) is 5.91 Å². The van der Waals surface area contributed by atoms with E-state index in [1.165, 1.54) is 12.1 Å². The van der Waals surface area contributed by atoms with Gasteiger partial charge in [0.1, 0.15) is 5.75 Å². The Morgan fingerprint density at radius 2 is 1.85 bits per heavy atom. The number of hydrogen-bond donors (Lipinski definition) is 2. The van der Waals surface area contributed by atoms with Gasteiger partial charge in [-0.2, -0.15) is 0 Å². The second kappa shape index (κ2) is 5.01. The standard InChI is InChI=1S/C16H12N2O2/c19-14-6-3-11(4-7-14)16(20)18-13-5-8-15-12(10-13)2-1-9-17-15/h1-10,19H,(H,18,20). The maximum atomic E-state index is 12.1. The van der Waals surface area contributed by atoms with Crippen LogP contribution in [0.2, 0.25) is 0 Å². The van der Waals surface area contributed by atoms with E-state index in [1.54, 1.807) is 18.3 Å². The Hall–Kier alpha value is -2.88. The number of carbonyl (C=O) groups excluding carboxylic acids is 1. The average Bonchev–Trinajstić information content (AvgIpc) is 2.48. The van der Waals surface area contributed by atoms with Crippen LogP contribution >= 0.6 is 0 Å². The molecule has 0 aliphatic carbocycles. The van der Waals surface area contributed by atoms with E-state index in [1.807, 2.05) is 30.3 Å². The van der Waals surface area contributed by atoms with Gasteiger partial charge < -0.3 is 10.4 Å².